The molecule has 9 rings (SSSR count). The molecule has 5 heterocycles. The first kappa shape index (κ1) is 44.2. The van der Waals surface area contributed by atoms with Crippen LogP contribution < -0.4 is 9.97 Å². The summed E-state index contributed by atoms with van der Waals surface area (Å²) in [6.07, 6.45) is 8.72. The van der Waals surface area contributed by atoms with E-state index < -0.39 is 0 Å². The summed E-state index contributed by atoms with van der Waals surface area (Å²) in [6, 6.07) is 26.9. The van der Waals surface area contributed by atoms with Gasteiger partial charge in [0.1, 0.15) is 0 Å². The summed E-state index contributed by atoms with van der Waals surface area (Å²) in [5.74, 6) is 0. The largest absolute Gasteiger partial charge is 3.00 e. The van der Waals surface area contributed by atoms with Crippen molar-refractivity contribution >= 4 is 46.4 Å². The van der Waals surface area contributed by atoms with E-state index in [1.807, 2.05) is 0 Å². The van der Waals surface area contributed by atoms with Crippen molar-refractivity contribution in [2.24, 2.45) is 0 Å². The number of hydrogen-bond donors (Lipinski definition) is 0. The van der Waals surface area contributed by atoms with Crippen LogP contribution in [-0.4, -0.2) is 9.97 Å². The molecule has 0 radical (unpaired) electrons. The second-order valence-corrected chi connectivity index (χ2v) is 17.5. The molecule has 0 spiro atoms. The van der Waals surface area contributed by atoms with Crippen molar-refractivity contribution in [2.75, 3.05) is 0 Å². The van der Waals surface area contributed by atoms with E-state index in [1.165, 1.54) is 66.8 Å². The van der Waals surface area contributed by atoms with Crippen LogP contribution in [0.3, 0.4) is 0 Å². The van der Waals surface area contributed by atoms with Crippen molar-refractivity contribution in [1.29, 1.82) is 0 Å². The van der Waals surface area contributed by atoms with E-state index >= 15 is 0 Å². The fourth-order valence-corrected chi connectivity index (χ4v) is 10.4. The van der Waals surface area contributed by atoms with Crippen molar-refractivity contribution in [3.8, 4) is 44.5 Å². The first-order chi connectivity index (χ1) is 28.7. The fourth-order valence-electron chi connectivity index (χ4n) is 10.4. The van der Waals surface area contributed by atoms with E-state index in [-0.39, 0.29) is 26.9 Å². The van der Waals surface area contributed by atoms with Gasteiger partial charge in [-0.3, -0.25) is 0 Å². The molecule has 0 saturated heterocycles. The van der Waals surface area contributed by atoms with Crippen LogP contribution in [0.4, 0.5) is 0 Å². The molecule has 0 atom stereocenters. The summed E-state index contributed by atoms with van der Waals surface area (Å²) < 4.78 is 0. The van der Waals surface area contributed by atoms with Gasteiger partial charge in [0.2, 0.25) is 0 Å². The third-order valence-electron chi connectivity index (χ3n) is 12.3. The number of nitrogens with zero attached hydrogens (tertiary/aromatic N) is 4. The molecule has 2 aliphatic heterocycles. The molecule has 0 saturated carbocycles. The van der Waals surface area contributed by atoms with Crippen LogP contribution in [0.1, 0.15) is 89.5 Å². The molecule has 0 N–H and O–H groups in total. The van der Waals surface area contributed by atoms with Crippen molar-refractivity contribution in [1.82, 2.24) is 19.9 Å². The number of fused-ring (bicyclic) bond motifs is 8. The third-order valence-corrected chi connectivity index (χ3v) is 12.3. The molecule has 0 aliphatic carbocycles. The Bertz CT molecular complexity index is 2710. The van der Waals surface area contributed by atoms with E-state index in [1.54, 1.807) is 0 Å². The number of aryl methyl sites for hydroxylation is 12. The molecule has 62 heavy (non-hydrogen) atoms. The van der Waals surface area contributed by atoms with Gasteiger partial charge in [0.05, 0.1) is 22.8 Å². The van der Waals surface area contributed by atoms with Gasteiger partial charge in [-0.1, -0.05) is 95.1 Å². The topological polar surface area (TPSA) is 54.0 Å². The predicted octanol–water partition coefficient (Wildman–Crippen LogP) is 14.7. The Morgan fingerprint density at radius 3 is 0.645 bits per heavy atom. The number of hydrogen-bond acceptors (Lipinski definition) is 2. The standard InChI is InChI=1S/C56H52N4.CH3.Rh/c1-29-21-33(5)49(34(6)22-29)53-41-13-15-43(57-41)54(50-35(7)23-30(2)24-36(50)8)45-17-19-47(59-45)56(52-39(11)27-32(4)28-40(52)12)48-20-18-46(60-48)55(44-16-14-42(53)58-44)51-37(9)25-31(3)26-38(51)10;;/h13-28H,1-12H3;1H3;/q-2;-1;+3. The molecule has 5 heteroatoms. The van der Waals surface area contributed by atoms with Gasteiger partial charge in [-0.05, 0) is 196 Å². The van der Waals surface area contributed by atoms with Crippen LogP contribution in [-0.2, 0) is 19.5 Å². The Morgan fingerprint density at radius 2 is 0.468 bits per heavy atom. The number of aromatic nitrogens is 4. The molecule has 4 nitrogen and oxygen atoms in total. The zero-order valence-corrected chi connectivity index (χ0v) is 40.0. The van der Waals surface area contributed by atoms with Gasteiger partial charge in [-0.2, -0.15) is 0 Å². The second-order valence-electron chi connectivity index (χ2n) is 17.5. The summed E-state index contributed by atoms with van der Waals surface area (Å²) in [5.41, 5.74) is 30.4. The zero-order valence-electron chi connectivity index (χ0n) is 38.4. The molecule has 0 unspecified atom stereocenters. The van der Waals surface area contributed by atoms with E-state index in [0.717, 1.165) is 89.4 Å². The molecule has 8 bridgehead atoms. The quantitative estimate of drug-likeness (QED) is 0.130. The average Bonchev–Trinajstić information content (AvgIpc) is 3.99. The Labute approximate surface area is 381 Å². The molecule has 312 valence electrons. The SMILES string of the molecule is Cc1cc(C)c(-c2c3nc(c(-c4c(C)cc(C)cc4C)c4ccc([n-]4)c(-c4c(C)cc(C)cc4C)c4nc(c(-c5c(C)cc(C)cc5C)c5ccc2[n-]5)C=C4)C=C3)c(C)c1.[CH3-].[Rh+3]. The van der Waals surface area contributed by atoms with Gasteiger partial charge in [-0.25, -0.2) is 9.97 Å². The van der Waals surface area contributed by atoms with Gasteiger partial charge in [0, 0.05) is 0 Å². The van der Waals surface area contributed by atoms with Crippen LogP contribution in [0.15, 0.2) is 72.8 Å². The van der Waals surface area contributed by atoms with E-state index in [4.69, 9.17) is 19.9 Å². The van der Waals surface area contributed by atoms with Gasteiger partial charge in [0.25, 0.3) is 0 Å². The van der Waals surface area contributed by atoms with Gasteiger partial charge in [-0.15, -0.1) is 22.1 Å². The van der Waals surface area contributed by atoms with Gasteiger partial charge in [0.15, 0.2) is 0 Å². The average molecular weight is 899 g/mol. The normalized spacial score (nSPS) is 11.8. The molecule has 2 aliphatic rings. The summed E-state index contributed by atoms with van der Waals surface area (Å²) in [6.45, 7) is 26.3. The van der Waals surface area contributed by atoms with Crippen LogP contribution in [0, 0.1) is 90.5 Å². The first-order valence-corrected chi connectivity index (χ1v) is 21.1. The predicted molar refractivity (Wildman–Crippen MR) is 262 cm³/mol. The van der Waals surface area contributed by atoms with Crippen LogP contribution in [0.25, 0.3) is 90.9 Å². The summed E-state index contributed by atoms with van der Waals surface area (Å²) in [4.78, 5) is 22.4. The number of rotatable bonds is 4. The second kappa shape index (κ2) is 16.8. The van der Waals surface area contributed by atoms with E-state index in [9.17, 15) is 0 Å². The molecule has 4 aromatic carbocycles. The Kier molecular flexibility index (Phi) is 11.9. The maximum absolute atomic E-state index is 5.59. The molecule has 0 fully saturated rings. The van der Waals surface area contributed by atoms with Crippen LogP contribution in [0.5, 0.6) is 0 Å². The maximum atomic E-state index is 5.59. The molecular formula is C57H55N4Rh. The smallest absolute Gasteiger partial charge is 0.657 e. The molecule has 7 aromatic rings. The maximum Gasteiger partial charge on any atom is 3.00 e. The van der Waals surface area contributed by atoms with Crippen molar-refractivity contribution in [2.45, 2.75) is 83.1 Å². The number of benzene rings is 4. The zero-order chi connectivity index (χ0) is 42.3. The Morgan fingerprint density at radius 1 is 0.290 bits per heavy atom. The third kappa shape index (κ3) is 7.56. The summed E-state index contributed by atoms with van der Waals surface area (Å²) in [7, 11) is 0. The first-order valence-electron chi connectivity index (χ1n) is 21.1. The van der Waals surface area contributed by atoms with Crippen molar-refractivity contribution in [3.05, 3.63) is 170 Å². The van der Waals surface area contributed by atoms with Gasteiger partial charge < -0.3 is 17.4 Å². The molecule has 0 amide bonds. The minimum atomic E-state index is 0. The Balaban J connectivity index is 0.00000289. The minimum Gasteiger partial charge on any atom is -0.657 e. The van der Waals surface area contributed by atoms with E-state index in [0.29, 0.717) is 0 Å². The molecule has 3 aromatic heterocycles. The summed E-state index contributed by atoms with van der Waals surface area (Å²) >= 11 is 0. The Hall–Kier alpha value is -5.90. The minimum absolute atomic E-state index is 0. The monoisotopic (exact) mass is 898 g/mol. The van der Waals surface area contributed by atoms with Crippen molar-refractivity contribution < 1.29 is 19.5 Å². The van der Waals surface area contributed by atoms with Gasteiger partial charge >= 0.3 is 19.5 Å². The van der Waals surface area contributed by atoms with Crippen LogP contribution >= 0.6 is 0 Å². The summed E-state index contributed by atoms with van der Waals surface area (Å²) in [5, 5.41) is 0. The van der Waals surface area contributed by atoms with Crippen molar-refractivity contribution in [3.63, 3.8) is 0 Å². The fraction of sp³-hybridized carbons (Fsp3) is 0.211. The van der Waals surface area contributed by atoms with Crippen LogP contribution in [0.2, 0.25) is 0 Å². The molecular weight excluding hydrogens is 844 g/mol. The van der Waals surface area contributed by atoms with E-state index in [2.05, 4.69) is 180 Å².